The zero-order chi connectivity index (χ0) is 16.8. The van der Waals surface area contributed by atoms with E-state index in [-0.39, 0.29) is 12.5 Å². The van der Waals surface area contributed by atoms with E-state index >= 15 is 0 Å². The first kappa shape index (κ1) is 16.0. The summed E-state index contributed by atoms with van der Waals surface area (Å²) in [4.78, 5) is 20.1. The Morgan fingerprint density at radius 3 is 2.79 bits per heavy atom. The lowest BCUT2D eigenvalue weighted by molar-refractivity contribution is -0.123. The number of nitrogens with one attached hydrogen (secondary N) is 1. The largest absolute Gasteiger partial charge is 0.484 e. The lowest BCUT2D eigenvalue weighted by Gasteiger charge is -2.08. The topological polar surface area (TPSA) is 69.0 Å². The molecule has 0 saturated heterocycles. The van der Waals surface area contributed by atoms with E-state index < -0.39 is 0 Å². The standard InChI is InChI=1S/C17H15ClN4O2/c18-14-1-3-15(4-2-14)24-11-17(23)21-10-13-5-6-20-16(9-13)22-8-7-19-12-22/h1-9,12H,10-11H2,(H,21,23). The number of carbonyl (C=O) groups is 1. The number of pyridine rings is 1. The van der Waals surface area contributed by atoms with Crippen molar-refractivity contribution >= 4 is 17.5 Å². The molecule has 0 bridgehead atoms. The van der Waals surface area contributed by atoms with Crippen LogP contribution in [0.1, 0.15) is 5.56 Å². The van der Waals surface area contributed by atoms with Crippen molar-refractivity contribution in [3.05, 3.63) is 71.9 Å². The lowest BCUT2D eigenvalue weighted by Crippen LogP contribution is -2.28. The molecule has 7 heteroatoms. The van der Waals surface area contributed by atoms with Gasteiger partial charge in [0.05, 0.1) is 0 Å². The number of hydrogen-bond donors (Lipinski definition) is 1. The zero-order valence-electron chi connectivity index (χ0n) is 12.7. The highest BCUT2D eigenvalue weighted by Gasteiger charge is 2.04. The molecule has 2 heterocycles. The fraction of sp³-hybridized carbons (Fsp3) is 0.118. The van der Waals surface area contributed by atoms with Gasteiger partial charge in [-0.25, -0.2) is 9.97 Å². The second-order valence-electron chi connectivity index (χ2n) is 5.01. The fourth-order valence-electron chi connectivity index (χ4n) is 2.04. The van der Waals surface area contributed by atoms with Gasteiger partial charge >= 0.3 is 0 Å². The van der Waals surface area contributed by atoms with E-state index in [4.69, 9.17) is 16.3 Å². The van der Waals surface area contributed by atoms with Crippen LogP contribution in [0, 0.1) is 0 Å². The zero-order valence-corrected chi connectivity index (χ0v) is 13.5. The minimum absolute atomic E-state index is 0.0545. The number of benzene rings is 1. The molecule has 24 heavy (non-hydrogen) atoms. The van der Waals surface area contributed by atoms with Gasteiger partial charge in [0.15, 0.2) is 6.61 Å². The SMILES string of the molecule is O=C(COc1ccc(Cl)cc1)NCc1ccnc(-n2ccnc2)c1. The number of halogens is 1. The van der Waals surface area contributed by atoms with Gasteiger partial charge in [0.25, 0.3) is 5.91 Å². The van der Waals surface area contributed by atoms with Crippen LogP contribution in [0.5, 0.6) is 5.75 Å². The van der Waals surface area contributed by atoms with Crippen molar-refractivity contribution in [2.24, 2.45) is 0 Å². The average Bonchev–Trinajstić information content (AvgIpc) is 3.14. The van der Waals surface area contributed by atoms with Crippen molar-refractivity contribution in [1.82, 2.24) is 19.9 Å². The van der Waals surface area contributed by atoms with Gasteiger partial charge in [-0.15, -0.1) is 0 Å². The van der Waals surface area contributed by atoms with Gasteiger partial charge in [-0.1, -0.05) is 11.6 Å². The van der Waals surface area contributed by atoms with Crippen molar-refractivity contribution in [3.8, 4) is 11.6 Å². The molecule has 1 aromatic carbocycles. The van der Waals surface area contributed by atoms with E-state index in [0.717, 1.165) is 11.4 Å². The predicted octanol–water partition coefficient (Wildman–Crippen LogP) is 2.62. The Morgan fingerprint density at radius 1 is 1.21 bits per heavy atom. The average molecular weight is 343 g/mol. The Kier molecular flexibility index (Phi) is 5.08. The third-order valence-corrected chi connectivity index (χ3v) is 3.50. The van der Waals surface area contributed by atoms with Crippen LogP contribution in [0.25, 0.3) is 5.82 Å². The summed E-state index contributed by atoms with van der Waals surface area (Å²) in [6, 6.07) is 10.6. The summed E-state index contributed by atoms with van der Waals surface area (Å²) >= 11 is 5.80. The normalized spacial score (nSPS) is 10.4. The molecule has 0 saturated carbocycles. The number of carbonyl (C=O) groups excluding carboxylic acids is 1. The van der Waals surface area contributed by atoms with Gasteiger partial charge in [0.1, 0.15) is 17.9 Å². The summed E-state index contributed by atoms with van der Waals surface area (Å²) in [5.41, 5.74) is 0.938. The fourth-order valence-corrected chi connectivity index (χ4v) is 2.16. The molecule has 0 fully saturated rings. The number of ether oxygens (including phenoxy) is 1. The van der Waals surface area contributed by atoms with E-state index in [9.17, 15) is 4.79 Å². The predicted molar refractivity (Wildman–Crippen MR) is 90.2 cm³/mol. The highest BCUT2D eigenvalue weighted by molar-refractivity contribution is 6.30. The third kappa shape index (κ3) is 4.33. The summed E-state index contributed by atoms with van der Waals surface area (Å²) in [5, 5.41) is 3.43. The molecule has 2 aromatic heterocycles. The molecule has 0 radical (unpaired) electrons. The minimum atomic E-state index is -0.203. The first-order valence-corrected chi connectivity index (χ1v) is 7.67. The maximum atomic E-state index is 11.9. The van der Waals surface area contributed by atoms with E-state index in [2.05, 4.69) is 15.3 Å². The molecule has 1 N–H and O–H groups in total. The van der Waals surface area contributed by atoms with Crippen molar-refractivity contribution in [2.45, 2.75) is 6.54 Å². The van der Waals surface area contributed by atoms with Crippen LogP contribution in [-0.4, -0.2) is 27.0 Å². The minimum Gasteiger partial charge on any atom is -0.484 e. The quantitative estimate of drug-likeness (QED) is 0.747. The van der Waals surface area contributed by atoms with Gasteiger partial charge in [-0.2, -0.15) is 0 Å². The molecule has 1 amide bonds. The maximum Gasteiger partial charge on any atom is 0.258 e. The number of imidazole rings is 1. The van der Waals surface area contributed by atoms with Crippen molar-refractivity contribution in [3.63, 3.8) is 0 Å². The molecular weight excluding hydrogens is 328 g/mol. The monoisotopic (exact) mass is 342 g/mol. The third-order valence-electron chi connectivity index (χ3n) is 3.25. The number of aromatic nitrogens is 3. The molecule has 0 aliphatic rings. The lowest BCUT2D eigenvalue weighted by atomic mass is 10.2. The van der Waals surface area contributed by atoms with Gasteiger partial charge in [-0.3, -0.25) is 9.36 Å². The Morgan fingerprint density at radius 2 is 2.04 bits per heavy atom. The summed E-state index contributed by atoms with van der Waals surface area (Å²) < 4.78 is 7.20. The highest BCUT2D eigenvalue weighted by atomic mass is 35.5. The number of rotatable bonds is 6. The molecule has 122 valence electrons. The summed E-state index contributed by atoms with van der Waals surface area (Å²) in [7, 11) is 0. The molecule has 0 unspecified atom stereocenters. The highest BCUT2D eigenvalue weighted by Crippen LogP contribution is 2.15. The molecule has 0 spiro atoms. The molecular formula is C17H15ClN4O2. The molecule has 6 nitrogen and oxygen atoms in total. The van der Waals surface area contributed by atoms with Crippen molar-refractivity contribution in [2.75, 3.05) is 6.61 Å². The van der Waals surface area contributed by atoms with Gasteiger partial charge in [0.2, 0.25) is 0 Å². The first-order valence-electron chi connectivity index (χ1n) is 7.29. The van der Waals surface area contributed by atoms with Crippen molar-refractivity contribution < 1.29 is 9.53 Å². The van der Waals surface area contributed by atoms with E-state index in [1.807, 2.05) is 18.3 Å². The smallest absolute Gasteiger partial charge is 0.258 e. The van der Waals surface area contributed by atoms with Crippen LogP contribution >= 0.6 is 11.6 Å². The van der Waals surface area contributed by atoms with Crippen LogP contribution < -0.4 is 10.1 Å². The Hall–Kier alpha value is -2.86. The summed E-state index contributed by atoms with van der Waals surface area (Å²) in [5.74, 6) is 1.14. The molecule has 0 aliphatic carbocycles. The molecule has 3 rings (SSSR count). The maximum absolute atomic E-state index is 11.9. The van der Waals surface area contributed by atoms with Crippen LogP contribution in [0.3, 0.4) is 0 Å². The number of nitrogens with zero attached hydrogens (tertiary/aromatic N) is 3. The Balaban J connectivity index is 1.51. The van der Waals surface area contributed by atoms with Crippen LogP contribution in [0.4, 0.5) is 0 Å². The molecule has 3 aromatic rings. The Bertz CT molecular complexity index is 804. The summed E-state index contributed by atoms with van der Waals surface area (Å²) in [6.45, 7) is 0.341. The van der Waals surface area contributed by atoms with Crippen molar-refractivity contribution in [1.29, 1.82) is 0 Å². The van der Waals surface area contributed by atoms with Gasteiger partial charge < -0.3 is 10.1 Å². The van der Waals surface area contributed by atoms with Crippen LogP contribution in [-0.2, 0) is 11.3 Å². The molecule has 0 aliphatic heterocycles. The summed E-state index contributed by atoms with van der Waals surface area (Å²) in [6.07, 6.45) is 6.86. The number of amides is 1. The molecule has 0 atom stereocenters. The van der Waals surface area contributed by atoms with Crippen LogP contribution in [0.15, 0.2) is 61.3 Å². The van der Waals surface area contributed by atoms with E-state index in [1.54, 1.807) is 47.6 Å². The van der Waals surface area contributed by atoms with Gasteiger partial charge in [-0.05, 0) is 42.0 Å². The second kappa shape index (κ2) is 7.61. The van der Waals surface area contributed by atoms with Crippen LogP contribution in [0.2, 0.25) is 5.02 Å². The Labute approximate surface area is 144 Å². The van der Waals surface area contributed by atoms with Gasteiger partial charge in [0, 0.05) is 30.2 Å². The first-order chi connectivity index (χ1) is 11.7. The second-order valence-corrected chi connectivity index (χ2v) is 5.45. The number of hydrogen-bond acceptors (Lipinski definition) is 4. The van der Waals surface area contributed by atoms with E-state index in [0.29, 0.717) is 17.3 Å². The van der Waals surface area contributed by atoms with E-state index in [1.165, 1.54) is 0 Å².